The van der Waals surface area contributed by atoms with Crippen molar-refractivity contribution in [2.24, 2.45) is 0 Å². The molecule has 2 aromatic heterocycles. The molecule has 3 aromatic rings. The molecule has 162 valence electrons. The van der Waals surface area contributed by atoms with Gasteiger partial charge >= 0.3 is 0 Å². The number of rotatable bonds is 8. The molecular formula is C22H25N5O4. The molecule has 9 nitrogen and oxygen atoms in total. The largest absolute Gasteiger partial charge is 0.505 e. The number of carbonyl (C=O) groups excluding carboxylic acids is 1. The number of carbonyl (C=O) groups is 1. The predicted molar refractivity (Wildman–Crippen MR) is 118 cm³/mol. The first-order valence-corrected chi connectivity index (χ1v) is 10.0. The highest BCUT2D eigenvalue weighted by Crippen LogP contribution is 2.39. The van der Waals surface area contributed by atoms with Crippen molar-refractivity contribution in [3.8, 4) is 5.75 Å². The minimum atomic E-state index is -0.821. The maximum Gasteiger partial charge on any atom is 0.279 e. The average Bonchev–Trinajstić information content (AvgIpc) is 2.76. The minimum Gasteiger partial charge on any atom is -0.505 e. The number of benzene rings is 1. The summed E-state index contributed by atoms with van der Waals surface area (Å²) in [5.41, 5.74) is 0.705. The van der Waals surface area contributed by atoms with Crippen LogP contribution < -0.4 is 10.2 Å². The second-order valence-corrected chi connectivity index (χ2v) is 7.44. The lowest BCUT2D eigenvalue weighted by Crippen LogP contribution is -2.29. The highest BCUT2D eigenvalue weighted by molar-refractivity contribution is 5.94. The Hall–Kier alpha value is -3.75. The maximum absolute atomic E-state index is 12.6. The van der Waals surface area contributed by atoms with Crippen molar-refractivity contribution in [2.45, 2.75) is 32.2 Å². The van der Waals surface area contributed by atoms with Crippen LogP contribution in [0.3, 0.4) is 0 Å². The van der Waals surface area contributed by atoms with Gasteiger partial charge in [-0.15, -0.1) is 0 Å². The van der Waals surface area contributed by atoms with Crippen molar-refractivity contribution >= 4 is 28.3 Å². The number of aromatic nitrogens is 2. The normalized spacial score (nSPS) is 11.8. The lowest BCUT2D eigenvalue weighted by molar-refractivity contribution is -0.383. The molecule has 0 fully saturated rings. The van der Waals surface area contributed by atoms with Gasteiger partial charge in [-0.25, -0.2) is 4.98 Å². The first-order chi connectivity index (χ1) is 14.8. The molecule has 3 rings (SSSR count). The molecule has 0 saturated heterocycles. The Morgan fingerprint density at radius 3 is 2.68 bits per heavy atom. The van der Waals surface area contributed by atoms with Crippen molar-refractivity contribution in [1.82, 2.24) is 15.3 Å². The van der Waals surface area contributed by atoms with Crippen LogP contribution in [0.25, 0.3) is 10.9 Å². The Balaban J connectivity index is 2.16. The van der Waals surface area contributed by atoms with E-state index in [0.717, 1.165) is 12.2 Å². The van der Waals surface area contributed by atoms with E-state index in [1.54, 1.807) is 24.4 Å². The number of pyridine rings is 2. The van der Waals surface area contributed by atoms with E-state index in [1.165, 1.54) is 18.3 Å². The molecule has 1 amide bonds. The summed E-state index contributed by atoms with van der Waals surface area (Å²) >= 11 is 0. The smallest absolute Gasteiger partial charge is 0.279 e. The number of anilines is 1. The van der Waals surface area contributed by atoms with Crippen molar-refractivity contribution in [2.75, 3.05) is 19.0 Å². The van der Waals surface area contributed by atoms with Gasteiger partial charge in [0.2, 0.25) is 5.91 Å². The van der Waals surface area contributed by atoms with E-state index in [2.05, 4.69) is 15.3 Å². The fraction of sp³-hybridized carbons (Fsp3) is 0.318. The molecular weight excluding hydrogens is 398 g/mol. The summed E-state index contributed by atoms with van der Waals surface area (Å²) in [6.45, 7) is 1.98. The van der Waals surface area contributed by atoms with Crippen LogP contribution in [0, 0.1) is 10.1 Å². The molecule has 0 spiro atoms. The molecule has 0 saturated carbocycles. The van der Waals surface area contributed by atoms with Gasteiger partial charge in [-0.2, -0.15) is 0 Å². The van der Waals surface area contributed by atoms with E-state index in [4.69, 9.17) is 0 Å². The average molecular weight is 423 g/mol. The Labute approximate surface area is 179 Å². The third kappa shape index (κ3) is 4.71. The van der Waals surface area contributed by atoms with E-state index in [-0.39, 0.29) is 33.8 Å². The Morgan fingerprint density at radius 1 is 1.29 bits per heavy atom. The zero-order valence-corrected chi connectivity index (χ0v) is 17.7. The van der Waals surface area contributed by atoms with Crippen molar-refractivity contribution < 1.29 is 14.8 Å². The molecule has 0 radical (unpaired) electrons. The summed E-state index contributed by atoms with van der Waals surface area (Å²) in [4.78, 5) is 34.1. The van der Waals surface area contributed by atoms with Gasteiger partial charge in [-0.1, -0.05) is 19.4 Å². The van der Waals surface area contributed by atoms with Crippen LogP contribution in [0.15, 0.2) is 42.7 Å². The quantitative estimate of drug-likeness (QED) is 0.418. The molecule has 2 N–H and O–H groups in total. The van der Waals surface area contributed by atoms with Crippen LogP contribution in [-0.2, 0) is 4.79 Å². The summed E-state index contributed by atoms with van der Waals surface area (Å²) in [5.74, 6) is 0.292. The van der Waals surface area contributed by atoms with Gasteiger partial charge in [0.05, 0.1) is 16.4 Å². The standard InChI is InChI=1S/C22H25N5O4/c1-4-5-8-19(28)25-20(14-9-10-18(24-13-14)26(2)3)16-12-17(27(30)31)15-7-6-11-23-21(15)22(16)29/h6-7,9-13,20,29H,4-5,8H2,1-3H3,(H,25,28). The maximum atomic E-state index is 12.6. The second kappa shape index (κ2) is 9.38. The van der Waals surface area contributed by atoms with Crippen LogP contribution in [0.2, 0.25) is 0 Å². The topological polar surface area (TPSA) is 121 Å². The van der Waals surface area contributed by atoms with Crippen molar-refractivity contribution in [3.05, 3.63) is 64.0 Å². The zero-order valence-electron chi connectivity index (χ0n) is 17.7. The fourth-order valence-corrected chi connectivity index (χ4v) is 3.35. The third-order valence-corrected chi connectivity index (χ3v) is 5.01. The van der Waals surface area contributed by atoms with Gasteiger partial charge < -0.3 is 15.3 Å². The van der Waals surface area contributed by atoms with E-state index < -0.39 is 11.0 Å². The summed E-state index contributed by atoms with van der Waals surface area (Å²) in [7, 11) is 3.71. The van der Waals surface area contributed by atoms with Gasteiger partial charge in [0.15, 0.2) is 0 Å². The number of fused-ring (bicyclic) bond motifs is 1. The highest BCUT2D eigenvalue weighted by atomic mass is 16.6. The van der Waals surface area contributed by atoms with Crippen molar-refractivity contribution in [3.63, 3.8) is 0 Å². The minimum absolute atomic E-state index is 0.109. The fourth-order valence-electron chi connectivity index (χ4n) is 3.35. The second-order valence-electron chi connectivity index (χ2n) is 7.44. The molecule has 9 heteroatoms. The molecule has 1 unspecified atom stereocenters. The predicted octanol–water partition coefficient (Wildman–Crippen LogP) is 3.71. The van der Waals surface area contributed by atoms with E-state index in [0.29, 0.717) is 18.4 Å². The zero-order chi connectivity index (χ0) is 22.5. The first-order valence-electron chi connectivity index (χ1n) is 10.0. The first kappa shape index (κ1) is 21.9. The van der Waals surface area contributed by atoms with Gasteiger partial charge in [0, 0.05) is 44.5 Å². The van der Waals surface area contributed by atoms with Crippen LogP contribution in [0.5, 0.6) is 5.75 Å². The van der Waals surface area contributed by atoms with Gasteiger partial charge in [-0.05, 0) is 30.2 Å². The molecule has 0 aliphatic carbocycles. The van der Waals surface area contributed by atoms with Crippen LogP contribution in [0.4, 0.5) is 11.5 Å². The summed E-state index contributed by atoms with van der Waals surface area (Å²) in [5, 5.41) is 25.8. The molecule has 31 heavy (non-hydrogen) atoms. The van der Waals surface area contributed by atoms with E-state index in [1.807, 2.05) is 25.9 Å². The Kier molecular flexibility index (Phi) is 6.64. The van der Waals surface area contributed by atoms with Gasteiger partial charge in [0.25, 0.3) is 5.69 Å². The number of phenols is 1. The number of nitro groups is 1. The van der Waals surface area contributed by atoms with Crippen LogP contribution >= 0.6 is 0 Å². The molecule has 2 heterocycles. The monoisotopic (exact) mass is 423 g/mol. The van der Waals surface area contributed by atoms with Crippen LogP contribution in [-0.4, -0.2) is 40.0 Å². The molecule has 1 aromatic carbocycles. The number of nitrogens with one attached hydrogen (secondary N) is 1. The number of unbranched alkanes of at least 4 members (excludes halogenated alkanes) is 1. The molecule has 0 aliphatic rings. The number of non-ortho nitro benzene ring substituents is 1. The summed E-state index contributed by atoms with van der Waals surface area (Å²) in [6, 6.07) is 7.14. The van der Waals surface area contributed by atoms with E-state index in [9.17, 15) is 20.0 Å². The molecule has 1 atom stereocenters. The van der Waals surface area contributed by atoms with Gasteiger partial charge in [-0.3, -0.25) is 19.9 Å². The van der Waals surface area contributed by atoms with Crippen molar-refractivity contribution in [1.29, 1.82) is 0 Å². The Bertz CT molecular complexity index is 1100. The molecule has 0 aliphatic heterocycles. The van der Waals surface area contributed by atoms with Crippen LogP contribution in [0.1, 0.15) is 43.4 Å². The highest BCUT2D eigenvalue weighted by Gasteiger charge is 2.27. The number of aromatic hydroxyl groups is 1. The number of nitro benzene ring substituents is 1. The number of amides is 1. The summed E-state index contributed by atoms with van der Waals surface area (Å²) < 4.78 is 0. The lowest BCUT2D eigenvalue weighted by atomic mass is 9.96. The van der Waals surface area contributed by atoms with Gasteiger partial charge in [0.1, 0.15) is 17.1 Å². The number of phenolic OH excluding ortho intramolecular Hbond substituents is 1. The number of hydrogen-bond acceptors (Lipinski definition) is 7. The number of nitrogens with zero attached hydrogens (tertiary/aromatic N) is 4. The SMILES string of the molecule is CCCCC(=O)NC(c1ccc(N(C)C)nc1)c1cc([N+](=O)[O-])c2cccnc2c1O. The number of hydrogen-bond donors (Lipinski definition) is 2. The van der Waals surface area contributed by atoms with E-state index >= 15 is 0 Å². The third-order valence-electron chi connectivity index (χ3n) is 5.01. The lowest BCUT2D eigenvalue weighted by Gasteiger charge is -2.22. The Morgan fingerprint density at radius 2 is 2.06 bits per heavy atom. The summed E-state index contributed by atoms with van der Waals surface area (Å²) in [6.07, 6.45) is 4.92. The molecule has 0 bridgehead atoms.